The van der Waals surface area contributed by atoms with Crippen LogP contribution < -0.4 is 15.2 Å². The number of isocyanates is 1. The van der Waals surface area contributed by atoms with E-state index in [2.05, 4.69) is 25.2 Å². The Morgan fingerprint density at radius 3 is 1.77 bits per heavy atom. The van der Waals surface area contributed by atoms with Gasteiger partial charge in [0.25, 0.3) is 0 Å². The molecular formula is C48H35Cl4F5N8O4. The molecule has 0 atom stereocenters. The van der Waals surface area contributed by atoms with Crippen LogP contribution in [0.5, 0.6) is 23.0 Å². The number of anilines is 1. The molecule has 2 N–H and O–H groups in total. The monoisotopic (exact) mass is 1020 g/mol. The molecule has 0 aliphatic carbocycles. The van der Waals surface area contributed by atoms with Gasteiger partial charge in [0.15, 0.2) is 0 Å². The van der Waals surface area contributed by atoms with E-state index in [1.54, 1.807) is 84.8 Å². The molecule has 4 aromatic carbocycles. The zero-order chi connectivity index (χ0) is 50.0. The zero-order valence-corrected chi connectivity index (χ0v) is 39.2. The summed E-state index contributed by atoms with van der Waals surface area (Å²) in [5, 5.41) is 8.93. The summed E-state index contributed by atoms with van der Waals surface area (Å²) in [6, 6.07) is 19.6. The van der Waals surface area contributed by atoms with Crippen molar-refractivity contribution in [3.8, 4) is 45.5 Å². The molecule has 21 heteroatoms. The van der Waals surface area contributed by atoms with Crippen LogP contribution in [0.25, 0.3) is 22.5 Å². The van der Waals surface area contributed by atoms with Crippen molar-refractivity contribution in [2.75, 3.05) is 5.73 Å². The van der Waals surface area contributed by atoms with Crippen LogP contribution >= 0.6 is 46.4 Å². The van der Waals surface area contributed by atoms with Crippen molar-refractivity contribution >= 4 is 69.6 Å². The normalized spacial score (nSPS) is 10.8. The second-order valence-electron chi connectivity index (χ2n) is 14.7. The number of rotatable bonds is 11. The Labute approximate surface area is 410 Å². The van der Waals surface area contributed by atoms with Crippen LogP contribution in [0.4, 0.5) is 33.3 Å². The van der Waals surface area contributed by atoms with E-state index in [0.29, 0.717) is 44.2 Å². The number of carbonyl (C=O) groups excluding carboxylic acids is 2. The van der Waals surface area contributed by atoms with E-state index < -0.39 is 34.2 Å². The number of Topliss-reactive ketones (excluding diaryl/α,β-unsaturated/α-hetero) is 1. The highest BCUT2D eigenvalue weighted by molar-refractivity contribution is 6.35. The number of nitrogens with zero attached hydrogens (tertiary/aromatic N) is 7. The summed E-state index contributed by atoms with van der Waals surface area (Å²) in [5.74, 6) is -0.646. The number of pyridine rings is 2. The number of carbonyl (C=O) groups is 1. The van der Waals surface area contributed by atoms with Gasteiger partial charge in [-0.25, -0.2) is 13.6 Å². The molecular weight excluding hydrogens is 989 g/mol. The number of ether oxygens (including phenoxy) is 2. The van der Waals surface area contributed by atoms with Crippen LogP contribution in [0.15, 0.2) is 127 Å². The Bertz CT molecular complexity index is 3200. The van der Waals surface area contributed by atoms with Gasteiger partial charge in [0.1, 0.15) is 50.5 Å². The minimum Gasteiger partial charge on any atom is -0.456 e. The van der Waals surface area contributed by atoms with Gasteiger partial charge in [0.2, 0.25) is 6.08 Å². The lowest BCUT2D eigenvalue weighted by molar-refractivity contribution is -0.137. The highest BCUT2D eigenvalue weighted by Crippen LogP contribution is 2.39. The van der Waals surface area contributed by atoms with E-state index in [1.807, 2.05) is 6.92 Å². The predicted molar refractivity (Wildman–Crippen MR) is 253 cm³/mol. The highest BCUT2D eigenvalue weighted by Gasteiger charge is 2.33. The fourth-order valence-corrected chi connectivity index (χ4v) is 7.07. The molecule has 0 unspecified atom stereocenters. The van der Waals surface area contributed by atoms with Crippen molar-refractivity contribution in [3.63, 3.8) is 0 Å². The fourth-order valence-electron chi connectivity index (χ4n) is 6.21. The number of alkyl halides is 3. The number of nitrogen functional groups attached to an aromatic ring is 1. The maximum absolute atomic E-state index is 14.7. The van der Waals surface area contributed by atoms with Crippen LogP contribution in [0.2, 0.25) is 20.1 Å². The molecule has 0 saturated heterocycles. The minimum absolute atomic E-state index is 0.0595. The lowest BCUT2D eigenvalue weighted by atomic mass is 10.0. The summed E-state index contributed by atoms with van der Waals surface area (Å²) in [5.41, 5.74) is 8.61. The third kappa shape index (κ3) is 13.7. The summed E-state index contributed by atoms with van der Waals surface area (Å²) >= 11 is 24.1. The number of aryl methyl sites for hydroxylation is 3. The number of hydrogen-bond donors (Lipinski definition) is 1. The van der Waals surface area contributed by atoms with Gasteiger partial charge in [-0.05, 0) is 72.1 Å². The lowest BCUT2D eigenvalue weighted by Crippen LogP contribution is -2.10. The number of aromatic nitrogens is 6. The lowest BCUT2D eigenvalue weighted by Gasteiger charge is -2.12. The molecule has 0 fully saturated rings. The number of benzene rings is 4. The Morgan fingerprint density at radius 2 is 1.28 bits per heavy atom. The number of hydrogen-bond acceptors (Lipinski definition) is 10. The first-order valence-electron chi connectivity index (χ1n) is 20.0. The molecule has 4 heterocycles. The minimum atomic E-state index is -4.64. The molecule has 0 amide bonds. The van der Waals surface area contributed by atoms with Gasteiger partial charge in [-0.1, -0.05) is 58.5 Å². The van der Waals surface area contributed by atoms with Crippen molar-refractivity contribution < 1.29 is 41.0 Å². The van der Waals surface area contributed by atoms with E-state index in [0.717, 1.165) is 29.3 Å². The first-order chi connectivity index (χ1) is 32.8. The maximum atomic E-state index is 14.7. The van der Waals surface area contributed by atoms with Crippen molar-refractivity contribution in [2.45, 2.75) is 25.9 Å². The molecule has 0 saturated carbocycles. The van der Waals surface area contributed by atoms with Gasteiger partial charge in [0.05, 0.1) is 45.7 Å². The smallest absolute Gasteiger partial charge is 0.417 e. The summed E-state index contributed by atoms with van der Waals surface area (Å²) in [6.07, 6.45) is 6.04. The first kappa shape index (κ1) is 51.3. The average Bonchev–Trinajstić information content (AvgIpc) is 3.94. The third-order valence-electron chi connectivity index (χ3n) is 9.56. The second-order valence-corrected chi connectivity index (χ2v) is 16.3. The largest absolute Gasteiger partial charge is 0.456 e. The highest BCUT2D eigenvalue weighted by atomic mass is 35.5. The topological polar surface area (TPSA) is 152 Å². The van der Waals surface area contributed by atoms with Crippen LogP contribution in [0.1, 0.15) is 22.3 Å². The van der Waals surface area contributed by atoms with Crippen LogP contribution in [0, 0.1) is 18.6 Å². The van der Waals surface area contributed by atoms with Crippen molar-refractivity contribution in [2.24, 2.45) is 19.1 Å². The van der Waals surface area contributed by atoms with Gasteiger partial charge >= 0.3 is 6.18 Å². The molecule has 0 aliphatic rings. The Morgan fingerprint density at radius 1 is 0.725 bits per heavy atom. The van der Waals surface area contributed by atoms with E-state index in [9.17, 15) is 31.5 Å². The van der Waals surface area contributed by atoms with E-state index >= 15 is 0 Å². The molecule has 4 aromatic heterocycles. The third-order valence-corrected chi connectivity index (χ3v) is 11.0. The van der Waals surface area contributed by atoms with Crippen LogP contribution in [-0.4, -0.2) is 41.4 Å². The standard InChI is InChI=1S/C25H17Cl2F4N3O2.C15H12ClFN4O.C8H6ClNO/c1-34-13-16(12-33-34)24-23(27)22(6-7-32-24)36-18-4-3-15(21(28)11-18)10-17(35)8-14-2-5-20(26)19(9-14)25(29,30)31;1-21-8-9(7-20-21)15-14(16)13(4-5-19-15)22-10-2-3-12(18)11(17)6-10;1-6-4-7(10-5-11)2-3-8(6)9/h2-7,9,11-13H,8,10H2,1H3;2-8H,18H2,1H3;2-4H,1H3. The summed E-state index contributed by atoms with van der Waals surface area (Å²) < 4.78 is 81.9. The first-order valence-corrected chi connectivity index (χ1v) is 21.5. The summed E-state index contributed by atoms with van der Waals surface area (Å²) in [7, 11) is 3.55. The SMILES string of the molecule is Cc1cc(N=C=O)ccc1Cl.Cn1cc(-c2nccc(Oc3ccc(CC(=O)Cc4ccc(Cl)c(C(F)(F)F)c4)c(F)c3)c2Cl)cn1.Cn1cc(-c2nccc(Oc3ccc(N)c(F)c3)c2Cl)cn1. The van der Waals surface area contributed by atoms with Gasteiger partial charge < -0.3 is 15.2 Å². The molecule has 69 heavy (non-hydrogen) atoms. The number of nitrogens with two attached hydrogens (primary N) is 1. The quantitative estimate of drug-likeness (QED) is 0.0577. The Hall–Kier alpha value is -7.14. The van der Waals surface area contributed by atoms with Crippen LogP contribution in [0.3, 0.4) is 0 Å². The molecule has 0 bridgehead atoms. The second kappa shape index (κ2) is 22.8. The Kier molecular flexibility index (Phi) is 16.9. The van der Waals surface area contributed by atoms with E-state index in [4.69, 9.17) is 61.6 Å². The fraction of sp³-hybridized carbons (Fsp3) is 0.125. The molecule has 12 nitrogen and oxygen atoms in total. The van der Waals surface area contributed by atoms with E-state index in [-0.39, 0.29) is 46.2 Å². The predicted octanol–water partition coefficient (Wildman–Crippen LogP) is 13.4. The number of halogens is 9. The van der Waals surface area contributed by atoms with Crippen molar-refractivity contribution in [1.29, 1.82) is 0 Å². The van der Waals surface area contributed by atoms with Gasteiger partial charge in [-0.3, -0.25) is 24.1 Å². The molecule has 0 aliphatic heterocycles. The van der Waals surface area contributed by atoms with Crippen molar-refractivity contribution in [1.82, 2.24) is 29.5 Å². The summed E-state index contributed by atoms with van der Waals surface area (Å²) in [6.45, 7) is 1.85. The van der Waals surface area contributed by atoms with Gasteiger partial charge in [-0.15, -0.1) is 0 Å². The van der Waals surface area contributed by atoms with Gasteiger partial charge in [-0.2, -0.15) is 28.4 Å². The summed E-state index contributed by atoms with van der Waals surface area (Å²) in [4.78, 5) is 34.2. The molecule has 354 valence electrons. The molecule has 8 aromatic rings. The van der Waals surface area contributed by atoms with Crippen LogP contribution in [-0.2, 0) is 42.7 Å². The van der Waals surface area contributed by atoms with E-state index in [1.165, 1.54) is 48.7 Å². The van der Waals surface area contributed by atoms with Crippen molar-refractivity contribution in [3.05, 3.63) is 176 Å². The molecule has 0 spiro atoms. The number of ketones is 1. The Balaban J connectivity index is 0.000000199. The molecule has 8 rings (SSSR count). The number of aliphatic imine (C=N–C) groups is 1. The maximum Gasteiger partial charge on any atom is 0.417 e. The molecule has 0 radical (unpaired) electrons. The average molecular weight is 1020 g/mol. The van der Waals surface area contributed by atoms with Gasteiger partial charge in [0, 0.05) is 92.1 Å². The zero-order valence-electron chi connectivity index (χ0n) is 36.2.